The van der Waals surface area contributed by atoms with E-state index in [9.17, 15) is 4.79 Å². The molecule has 3 nitrogen and oxygen atoms in total. The highest BCUT2D eigenvalue weighted by Crippen LogP contribution is 2.34. The van der Waals surface area contributed by atoms with Gasteiger partial charge in [-0.05, 0) is 29.8 Å². The maximum absolute atomic E-state index is 12.5. The molecule has 2 aromatic carbocycles. The molecule has 2 N–H and O–H groups in total. The third kappa shape index (κ3) is 2.17. The van der Waals surface area contributed by atoms with Crippen LogP contribution in [0.4, 0.5) is 5.69 Å². The first kappa shape index (κ1) is 12.1. The Balaban J connectivity index is 2.10. The SMILES string of the molecule is Nc1cccc(C(=O)c2cc(Cl)cc3c2OCC3)c1. The number of halogens is 1. The average molecular weight is 274 g/mol. The van der Waals surface area contributed by atoms with Crippen LogP contribution >= 0.6 is 11.6 Å². The molecule has 19 heavy (non-hydrogen) atoms. The first-order chi connectivity index (χ1) is 9.15. The molecule has 3 rings (SSSR count). The largest absolute Gasteiger partial charge is 0.492 e. The molecule has 96 valence electrons. The minimum Gasteiger partial charge on any atom is -0.492 e. The van der Waals surface area contributed by atoms with E-state index in [1.54, 1.807) is 30.3 Å². The smallest absolute Gasteiger partial charge is 0.196 e. The number of carbonyl (C=O) groups excluding carboxylic acids is 1. The number of carbonyl (C=O) groups is 1. The quantitative estimate of drug-likeness (QED) is 0.676. The Labute approximate surface area is 115 Å². The molecule has 2 aromatic rings. The molecular formula is C15H12ClNO2. The van der Waals surface area contributed by atoms with E-state index in [0.29, 0.717) is 34.2 Å². The summed E-state index contributed by atoms with van der Waals surface area (Å²) >= 11 is 6.06. The fraction of sp³-hybridized carbons (Fsp3) is 0.133. The second-order valence-electron chi connectivity index (χ2n) is 4.49. The number of nitrogens with two attached hydrogens (primary N) is 1. The van der Waals surface area contributed by atoms with Crippen LogP contribution in [0.5, 0.6) is 5.75 Å². The Morgan fingerprint density at radius 1 is 1.26 bits per heavy atom. The number of hydrogen-bond donors (Lipinski definition) is 1. The van der Waals surface area contributed by atoms with Crippen LogP contribution in [0, 0.1) is 0 Å². The summed E-state index contributed by atoms with van der Waals surface area (Å²) in [5.74, 6) is 0.532. The molecule has 0 atom stereocenters. The Bertz CT molecular complexity index is 667. The number of rotatable bonds is 2. The molecule has 0 fully saturated rings. The predicted molar refractivity (Wildman–Crippen MR) is 74.9 cm³/mol. The van der Waals surface area contributed by atoms with Crippen LogP contribution in [0.2, 0.25) is 5.02 Å². The van der Waals surface area contributed by atoms with Gasteiger partial charge in [-0.3, -0.25) is 4.79 Å². The van der Waals surface area contributed by atoms with Crippen molar-refractivity contribution < 1.29 is 9.53 Å². The van der Waals surface area contributed by atoms with Crippen LogP contribution in [-0.4, -0.2) is 12.4 Å². The van der Waals surface area contributed by atoms with E-state index < -0.39 is 0 Å². The molecule has 1 aliphatic rings. The molecule has 0 radical (unpaired) electrons. The van der Waals surface area contributed by atoms with Gasteiger partial charge in [-0.1, -0.05) is 23.7 Å². The molecule has 4 heteroatoms. The van der Waals surface area contributed by atoms with Gasteiger partial charge in [-0.15, -0.1) is 0 Å². The van der Waals surface area contributed by atoms with E-state index in [2.05, 4.69) is 0 Å². The summed E-state index contributed by atoms with van der Waals surface area (Å²) in [7, 11) is 0. The average Bonchev–Trinajstić information content (AvgIpc) is 2.85. The number of nitrogen functional groups attached to an aromatic ring is 1. The molecule has 0 unspecified atom stereocenters. The molecule has 0 spiro atoms. The van der Waals surface area contributed by atoms with Crippen molar-refractivity contribution in [1.82, 2.24) is 0 Å². The first-order valence-electron chi connectivity index (χ1n) is 6.00. The first-order valence-corrected chi connectivity index (χ1v) is 6.38. The van der Waals surface area contributed by atoms with Gasteiger partial charge >= 0.3 is 0 Å². The molecular weight excluding hydrogens is 262 g/mol. The van der Waals surface area contributed by atoms with Crippen LogP contribution in [0.1, 0.15) is 21.5 Å². The van der Waals surface area contributed by atoms with Crippen LogP contribution < -0.4 is 10.5 Å². The number of hydrogen-bond acceptors (Lipinski definition) is 3. The van der Waals surface area contributed by atoms with Gasteiger partial charge in [0, 0.05) is 22.7 Å². The molecule has 1 heterocycles. The fourth-order valence-electron chi connectivity index (χ4n) is 2.27. The van der Waals surface area contributed by atoms with Gasteiger partial charge in [-0.25, -0.2) is 0 Å². The van der Waals surface area contributed by atoms with Gasteiger partial charge in [0.2, 0.25) is 0 Å². The number of ether oxygens (including phenoxy) is 1. The predicted octanol–water partition coefficient (Wildman–Crippen LogP) is 3.09. The summed E-state index contributed by atoms with van der Waals surface area (Å²) in [6.07, 6.45) is 0.785. The van der Waals surface area contributed by atoms with Crippen molar-refractivity contribution in [3.8, 4) is 5.75 Å². The highest BCUT2D eigenvalue weighted by molar-refractivity contribution is 6.31. The van der Waals surface area contributed by atoms with Crippen LogP contribution in [0.25, 0.3) is 0 Å². The fourth-order valence-corrected chi connectivity index (χ4v) is 2.51. The third-order valence-corrected chi connectivity index (χ3v) is 3.36. The summed E-state index contributed by atoms with van der Waals surface area (Å²) in [4.78, 5) is 12.5. The Hall–Kier alpha value is -2.00. The molecule has 0 saturated carbocycles. The van der Waals surface area contributed by atoms with Gasteiger partial charge in [-0.2, -0.15) is 0 Å². The second kappa shape index (κ2) is 4.59. The third-order valence-electron chi connectivity index (χ3n) is 3.14. The van der Waals surface area contributed by atoms with Crippen molar-refractivity contribution in [2.45, 2.75) is 6.42 Å². The summed E-state index contributed by atoms with van der Waals surface area (Å²) in [6, 6.07) is 10.4. The molecule has 1 aliphatic heterocycles. The maximum Gasteiger partial charge on any atom is 0.196 e. The number of benzene rings is 2. The van der Waals surface area contributed by atoms with Crippen molar-refractivity contribution in [1.29, 1.82) is 0 Å². The van der Waals surface area contributed by atoms with Gasteiger partial charge in [0.15, 0.2) is 5.78 Å². The van der Waals surface area contributed by atoms with Gasteiger partial charge in [0.1, 0.15) is 5.75 Å². The molecule has 0 aromatic heterocycles. The van der Waals surface area contributed by atoms with Crippen molar-refractivity contribution in [3.05, 3.63) is 58.1 Å². The summed E-state index contributed by atoms with van der Waals surface area (Å²) in [5, 5.41) is 0.552. The minimum absolute atomic E-state index is 0.118. The second-order valence-corrected chi connectivity index (χ2v) is 4.93. The van der Waals surface area contributed by atoms with Crippen molar-refractivity contribution in [2.75, 3.05) is 12.3 Å². The molecule has 0 bridgehead atoms. The Morgan fingerprint density at radius 2 is 2.11 bits per heavy atom. The van der Waals surface area contributed by atoms with Crippen LogP contribution in [0.15, 0.2) is 36.4 Å². The van der Waals surface area contributed by atoms with Crippen molar-refractivity contribution in [3.63, 3.8) is 0 Å². The van der Waals surface area contributed by atoms with E-state index >= 15 is 0 Å². The van der Waals surface area contributed by atoms with E-state index in [1.807, 2.05) is 6.07 Å². The lowest BCUT2D eigenvalue weighted by Crippen LogP contribution is -2.04. The van der Waals surface area contributed by atoms with Gasteiger partial charge in [0.25, 0.3) is 0 Å². The monoisotopic (exact) mass is 273 g/mol. The summed E-state index contributed by atoms with van der Waals surface area (Å²) in [6.45, 7) is 0.590. The van der Waals surface area contributed by atoms with Crippen LogP contribution in [0.3, 0.4) is 0 Å². The lowest BCUT2D eigenvalue weighted by atomic mass is 9.99. The van der Waals surface area contributed by atoms with E-state index in [0.717, 1.165) is 12.0 Å². The Kier molecular flexibility index (Phi) is 2.91. The normalized spacial score (nSPS) is 12.9. The van der Waals surface area contributed by atoms with E-state index in [1.165, 1.54) is 0 Å². The zero-order valence-corrected chi connectivity index (χ0v) is 10.9. The molecule has 0 amide bonds. The highest BCUT2D eigenvalue weighted by Gasteiger charge is 2.22. The van der Waals surface area contributed by atoms with Crippen LogP contribution in [-0.2, 0) is 6.42 Å². The molecule has 0 aliphatic carbocycles. The number of fused-ring (bicyclic) bond motifs is 1. The van der Waals surface area contributed by atoms with E-state index in [4.69, 9.17) is 22.1 Å². The number of ketones is 1. The number of anilines is 1. The topological polar surface area (TPSA) is 52.3 Å². The van der Waals surface area contributed by atoms with Gasteiger partial charge in [0.05, 0.1) is 12.2 Å². The Morgan fingerprint density at radius 3 is 2.89 bits per heavy atom. The zero-order chi connectivity index (χ0) is 13.4. The zero-order valence-electron chi connectivity index (χ0n) is 10.2. The lowest BCUT2D eigenvalue weighted by Gasteiger charge is -2.08. The molecule has 0 saturated heterocycles. The minimum atomic E-state index is -0.118. The van der Waals surface area contributed by atoms with Gasteiger partial charge < -0.3 is 10.5 Å². The van der Waals surface area contributed by atoms with Crippen molar-refractivity contribution >= 4 is 23.1 Å². The maximum atomic E-state index is 12.5. The van der Waals surface area contributed by atoms with Crippen molar-refractivity contribution in [2.24, 2.45) is 0 Å². The summed E-state index contributed by atoms with van der Waals surface area (Å²) in [5.41, 5.74) is 8.30. The lowest BCUT2D eigenvalue weighted by molar-refractivity contribution is 0.103. The highest BCUT2D eigenvalue weighted by atomic mass is 35.5. The summed E-state index contributed by atoms with van der Waals surface area (Å²) < 4.78 is 5.55. The standard InChI is InChI=1S/C15H12ClNO2/c16-11-6-10-4-5-19-15(10)13(8-11)14(18)9-2-1-3-12(17)7-9/h1-3,6-8H,4-5,17H2. The van der Waals surface area contributed by atoms with E-state index in [-0.39, 0.29) is 5.78 Å².